The molecule has 0 aliphatic heterocycles. The number of phenolic OH excluding ortho intramolecular Hbond substituents is 1. The highest BCUT2D eigenvalue weighted by atomic mass is 79.9. The van der Waals surface area contributed by atoms with E-state index in [4.69, 9.17) is 4.74 Å². The Morgan fingerprint density at radius 3 is 2.50 bits per heavy atom. The zero-order valence-corrected chi connectivity index (χ0v) is 11.3. The molecule has 2 rings (SSSR count). The van der Waals surface area contributed by atoms with Gasteiger partial charge >= 0.3 is 0 Å². The minimum Gasteiger partial charge on any atom is -0.507 e. The zero-order chi connectivity index (χ0) is 13.1. The van der Waals surface area contributed by atoms with Crippen LogP contribution in [0.3, 0.4) is 0 Å². The summed E-state index contributed by atoms with van der Waals surface area (Å²) in [5.41, 5.74) is 0.749. The van der Waals surface area contributed by atoms with E-state index in [1.807, 2.05) is 6.07 Å². The first-order valence-corrected chi connectivity index (χ1v) is 6.09. The number of rotatable bonds is 3. The summed E-state index contributed by atoms with van der Waals surface area (Å²) < 4.78 is 5.72. The number of ether oxygens (including phenoxy) is 1. The van der Waals surface area contributed by atoms with E-state index in [-0.39, 0.29) is 17.1 Å². The minimum absolute atomic E-state index is 0.0727. The molecule has 1 N–H and O–H groups in total. The molecule has 0 amide bonds. The van der Waals surface area contributed by atoms with E-state index < -0.39 is 0 Å². The molecule has 0 unspecified atom stereocenters. The van der Waals surface area contributed by atoms with Crippen molar-refractivity contribution in [3.63, 3.8) is 0 Å². The lowest BCUT2D eigenvalue weighted by molar-refractivity contribution is 0.103. The fourth-order valence-corrected chi connectivity index (χ4v) is 2.12. The summed E-state index contributed by atoms with van der Waals surface area (Å²) >= 11 is 3.25. The van der Waals surface area contributed by atoms with Gasteiger partial charge in [0.15, 0.2) is 5.78 Å². The molecule has 0 fully saturated rings. The van der Waals surface area contributed by atoms with E-state index in [1.54, 1.807) is 24.3 Å². The lowest BCUT2D eigenvalue weighted by Gasteiger charge is -2.08. The van der Waals surface area contributed by atoms with Crippen LogP contribution in [0.4, 0.5) is 0 Å². The van der Waals surface area contributed by atoms with E-state index in [1.165, 1.54) is 19.2 Å². The fraction of sp³-hybridized carbons (Fsp3) is 0.0714. The molecule has 3 nitrogen and oxygen atoms in total. The van der Waals surface area contributed by atoms with Gasteiger partial charge in [0.2, 0.25) is 0 Å². The van der Waals surface area contributed by atoms with Crippen molar-refractivity contribution in [2.24, 2.45) is 0 Å². The Morgan fingerprint density at radius 2 is 1.89 bits per heavy atom. The van der Waals surface area contributed by atoms with Crippen LogP contribution in [0, 0.1) is 0 Å². The number of carbonyl (C=O) groups excluding carboxylic acids is 1. The second kappa shape index (κ2) is 5.23. The third kappa shape index (κ3) is 2.38. The first-order chi connectivity index (χ1) is 8.63. The smallest absolute Gasteiger partial charge is 0.196 e. The van der Waals surface area contributed by atoms with Crippen molar-refractivity contribution in [3.8, 4) is 11.5 Å². The van der Waals surface area contributed by atoms with Gasteiger partial charge in [-0.1, -0.05) is 30.3 Å². The van der Waals surface area contributed by atoms with Gasteiger partial charge in [0, 0.05) is 5.56 Å². The summed E-state index contributed by atoms with van der Waals surface area (Å²) in [5, 5.41) is 9.84. The molecule has 92 valence electrons. The molecule has 0 radical (unpaired) electrons. The standard InChI is InChI=1S/C14H11BrO3/c1-18-13-7-10(12(16)8-11(13)15)14(17)9-5-3-2-4-6-9/h2-8,16H,1H3. The highest BCUT2D eigenvalue weighted by Crippen LogP contribution is 2.33. The van der Waals surface area contributed by atoms with Crippen LogP contribution in [0.15, 0.2) is 46.9 Å². The van der Waals surface area contributed by atoms with Crippen molar-refractivity contribution in [2.75, 3.05) is 7.11 Å². The average molecular weight is 307 g/mol. The predicted molar refractivity (Wildman–Crippen MR) is 72.2 cm³/mol. The fourth-order valence-electron chi connectivity index (χ4n) is 1.63. The Morgan fingerprint density at radius 1 is 1.22 bits per heavy atom. The molecule has 0 heterocycles. The first-order valence-electron chi connectivity index (χ1n) is 5.29. The summed E-state index contributed by atoms with van der Waals surface area (Å²) in [4.78, 5) is 12.2. The van der Waals surface area contributed by atoms with Crippen LogP contribution in [-0.4, -0.2) is 18.0 Å². The highest BCUT2D eigenvalue weighted by molar-refractivity contribution is 9.10. The van der Waals surface area contributed by atoms with Crippen LogP contribution in [0.25, 0.3) is 0 Å². The molecule has 0 spiro atoms. The van der Waals surface area contributed by atoms with Crippen molar-refractivity contribution in [3.05, 3.63) is 58.1 Å². The number of benzene rings is 2. The summed E-state index contributed by atoms with van der Waals surface area (Å²) in [5.74, 6) is 0.197. The summed E-state index contributed by atoms with van der Waals surface area (Å²) in [6, 6.07) is 11.8. The molecule has 0 atom stereocenters. The second-order valence-corrected chi connectivity index (χ2v) is 4.55. The Bertz CT molecular complexity index is 579. The molecule has 0 bridgehead atoms. The van der Waals surface area contributed by atoms with Gasteiger partial charge in [-0.15, -0.1) is 0 Å². The van der Waals surface area contributed by atoms with Gasteiger partial charge in [-0.2, -0.15) is 0 Å². The van der Waals surface area contributed by atoms with Crippen LogP contribution < -0.4 is 4.74 Å². The molecule has 0 saturated heterocycles. The molecule has 0 aliphatic rings. The van der Waals surface area contributed by atoms with Gasteiger partial charge in [0.05, 0.1) is 17.1 Å². The van der Waals surface area contributed by atoms with E-state index in [2.05, 4.69) is 15.9 Å². The quantitative estimate of drug-likeness (QED) is 0.884. The SMILES string of the molecule is COc1cc(C(=O)c2ccccc2)c(O)cc1Br. The monoisotopic (exact) mass is 306 g/mol. The van der Waals surface area contributed by atoms with Crippen LogP contribution in [0.1, 0.15) is 15.9 Å². The van der Waals surface area contributed by atoms with E-state index >= 15 is 0 Å². The molecular weight excluding hydrogens is 296 g/mol. The lowest BCUT2D eigenvalue weighted by atomic mass is 10.0. The molecular formula is C14H11BrO3. The highest BCUT2D eigenvalue weighted by Gasteiger charge is 2.16. The minimum atomic E-state index is -0.237. The predicted octanol–water partition coefficient (Wildman–Crippen LogP) is 3.39. The number of phenols is 1. The number of halogens is 1. The van der Waals surface area contributed by atoms with Crippen LogP contribution in [0.5, 0.6) is 11.5 Å². The van der Waals surface area contributed by atoms with Crippen molar-refractivity contribution in [1.29, 1.82) is 0 Å². The Kier molecular flexibility index (Phi) is 3.67. The molecule has 0 aliphatic carbocycles. The van der Waals surface area contributed by atoms with Crippen molar-refractivity contribution < 1.29 is 14.6 Å². The average Bonchev–Trinajstić information content (AvgIpc) is 2.39. The summed E-state index contributed by atoms with van der Waals surface area (Å²) in [7, 11) is 1.51. The Hall–Kier alpha value is -1.81. The van der Waals surface area contributed by atoms with Gasteiger partial charge in [-0.3, -0.25) is 4.79 Å². The molecule has 4 heteroatoms. The molecule has 2 aromatic carbocycles. The maximum absolute atomic E-state index is 12.2. The molecule has 18 heavy (non-hydrogen) atoms. The Balaban J connectivity index is 2.48. The summed E-state index contributed by atoms with van der Waals surface area (Å²) in [6.45, 7) is 0. The molecule has 0 saturated carbocycles. The Labute approximate surface area is 113 Å². The van der Waals surface area contributed by atoms with Gasteiger partial charge < -0.3 is 9.84 Å². The summed E-state index contributed by atoms with van der Waals surface area (Å²) in [6.07, 6.45) is 0. The maximum atomic E-state index is 12.2. The third-order valence-corrected chi connectivity index (χ3v) is 3.17. The van der Waals surface area contributed by atoms with Gasteiger partial charge in [0.25, 0.3) is 0 Å². The van der Waals surface area contributed by atoms with Crippen LogP contribution in [-0.2, 0) is 0 Å². The van der Waals surface area contributed by atoms with Crippen molar-refractivity contribution >= 4 is 21.7 Å². The normalized spacial score (nSPS) is 10.1. The van der Waals surface area contributed by atoms with Crippen molar-refractivity contribution in [2.45, 2.75) is 0 Å². The number of hydrogen-bond donors (Lipinski definition) is 1. The number of methoxy groups -OCH3 is 1. The largest absolute Gasteiger partial charge is 0.507 e. The second-order valence-electron chi connectivity index (χ2n) is 3.70. The topological polar surface area (TPSA) is 46.5 Å². The lowest BCUT2D eigenvalue weighted by Crippen LogP contribution is -2.02. The van der Waals surface area contributed by atoms with E-state index in [9.17, 15) is 9.90 Å². The van der Waals surface area contributed by atoms with Crippen molar-refractivity contribution in [1.82, 2.24) is 0 Å². The van der Waals surface area contributed by atoms with Gasteiger partial charge in [-0.25, -0.2) is 0 Å². The number of ketones is 1. The van der Waals surface area contributed by atoms with Gasteiger partial charge in [0.1, 0.15) is 11.5 Å². The number of aromatic hydroxyl groups is 1. The van der Waals surface area contributed by atoms with Crippen LogP contribution in [0.2, 0.25) is 0 Å². The van der Waals surface area contributed by atoms with Gasteiger partial charge in [-0.05, 0) is 28.1 Å². The maximum Gasteiger partial charge on any atom is 0.196 e. The first kappa shape index (κ1) is 12.6. The molecule has 2 aromatic rings. The zero-order valence-electron chi connectivity index (χ0n) is 9.68. The van der Waals surface area contributed by atoms with E-state index in [0.717, 1.165) is 0 Å². The third-order valence-electron chi connectivity index (χ3n) is 2.55. The van der Waals surface area contributed by atoms with E-state index in [0.29, 0.717) is 15.8 Å². The number of hydrogen-bond acceptors (Lipinski definition) is 3. The number of carbonyl (C=O) groups is 1. The molecule has 0 aromatic heterocycles. The van der Waals surface area contributed by atoms with Crippen LogP contribution >= 0.6 is 15.9 Å².